The Hall–Kier alpha value is -1.56. The maximum Gasteiger partial charge on any atom is 0.337 e. The fourth-order valence-corrected chi connectivity index (χ4v) is 2.51. The van der Waals surface area contributed by atoms with Gasteiger partial charge in [-0.05, 0) is 12.1 Å². The summed E-state index contributed by atoms with van der Waals surface area (Å²) in [6, 6.07) is 4.59. The first kappa shape index (κ1) is 12.9. The Morgan fingerprint density at radius 1 is 1.56 bits per heavy atom. The number of hydrogen-bond acceptors (Lipinski definition) is 3. The maximum atomic E-state index is 11.8. The third-order valence-electron chi connectivity index (χ3n) is 2.80. The quantitative estimate of drug-likeness (QED) is 0.865. The second-order valence-electron chi connectivity index (χ2n) is 3.99. The fraction of sp³-hybridized carbons (Fsp3) is 0.333. The number of rotatable bonds is 3. The molecule has 1 N–H and O–H groups in total. The molecule has 1 atom stereocenters. The Kier molecular flexibility index (Phi) is 3.56. The minimum atomic E-state index is -1.06. The summed E-state index contributed by atoms with van der Waals surface area (Å²) >= 11 is 3.37. The normalized spacial score (nSPS) is 19.1. The van der Waals surface area contributed by atoms with E-state index < -0.39 is 5.97 Å². The monoisotopic (exact) mass is 313 g/mol. The summed E-state index contributed by atoms with van der Waals surface area (Å²) in [6.45, 7) is 0.465. The van der Waals surface area contributed by atoms with Gasteiger partial charge in [0.05, 0.1) is 18.4 Å². The Labute approximate surface area is 112 Å². The second-order valence-corrected chi connectivity index (χ2v) is 5.29. The molecule has 0 bridgehead atoms. The minimum Gasteiger partial charge on any atom is -0.497 e. The van der Waals surface area contributed by atoms with Crippen LogP contribution in [0.15, 0.2) is 18.2 Å². The van der Waals surface area contributed by atoms with Crippen LogP contribution in [0.4, 0.5) is 5.69 Å². The summed E-state index contributed by atoms with van der Waals surface area (Å²) in [5.41, 5.74) is 0.486. The van der Waals surface area contributed by atoms with Crippen LogP contribution in [-0.4, -0.2) is 35.5 Å². The third kappa shape index (κ3) is 2.33. The van der Waals surface area contributed by atoms with Crippen molar-refractivity contribution in [2.75, 3.05) is 18.6 Å². The number of ether oxygens (including phenoxy) is 1. The van der Waals surface area contributed by atoms with Crippen LogP contribution in [-0.2, 0) is 4.79 Å². The molecular formula is C12H12BrNO4. The molecule has 1 aromatic rings. The number of aromatic carboxylic acids is 1. The first-order valence-electron chi connectivity index (χ1n) is 5.38. The number of halogens is 1. The lowest BCUT2D eigenvalue weighted by molar-refractivity contribution is -0.117. The van der Waals surface area contributed by atoms with Crippen molar-refractivity contribution in [1.82, 2.24) is 0 Å². The Bertz CT molecular complexity index is 503. The number of amides is 1. The molecule has 0 saturated carbocycles. The molecule has 0 aliphatic carbocycles. The second kappa shape index (κ2) is 4.97. The van der Waals surface area contributed by atoms with E-state index in [2.05, 4.69) is 15.9 Å². The molecule has 1 heterocycles. The number of carbonyl (C=O) groups excluding carboxylic acids is 1. The van der Waals surface area contributed by atoms with Gasteiger partial charge in [0.2, 0.25) is 5.91 Å². The molecule has 2 rings (SSSR count). The molecule has 0 aromatic heterocycles. The average molecular weight is 314 g/mol. The van der Waals surface area contributed by atoms with Crippen molar-refractivity contribution in [1.29, 1.82) is 0 Å². The molecule has 1 fully saturated rings. The van der Waals surface area contributed by atoms with Crippen LogP contribution in [0.3, 0.4) is 0 Å². The van der Waals surface area contributed by atoms with E-state index in [1.165, 1.54) is 18.1 Å². The minimum absolute atomic E-state index is 0.0536. The molecule has 96 valence electrons. The van der Waals surface area contributed by atoms with Crippen LogP contribution in [0.2, 0.25) is 0 Å². The van der Waals surface area contributed by atoms with Gasteiger partial charge in [-0.3, -0.25) is 4.79 Å². The molecule has 0 radical (unpaired) electrons. The zero-order valence-corrected chi connectivity index (χ0v) is 11.3. The average Bonchev–Trinajstić information content (AvgIpc) is 2.67. The van der Waals surface area contributed by atoms with Crippen LogP contribution in [0.25, 0.3) is 0 Å². The van der Waals surface area contributed by atoms with Gasteiger partial charge in [0, 0.05) is 23.9 Å². The van der Waals surface area contributed by atoms with E-state index in [4.69, 9.17) is 9.84 Å². The number of methoxy groups -OCH3 is 1. The number of alkyl halides is 1. The highest BCUT2D eigenvalue weighted by Gasteiger charge is 2.31. The number of carbonyl (C=O) groups is 2. The number of carboxylic acids is 1. The van der Waals surface area contributed by atoms with Gasteiger partial charge in [-0.1, -0.05) is 15.9 Å². The predicted octanol–water partition coefficient (Wildman–Crippen LogP) is 1.89. The lowest BCUT2D eigenvalue weighted by Crippen LogP contribution is -2.26. The van der Waals surface area contributed by atoms with Crippen molar-refractivity contribution in [2.24, 2.45) is 0 Å². The van der Waals surface area contributed by atoms with Gasteiger partial charge in [-0.2, -0.15) is 0 Å². The first-order valence-corrected chi connectivity index (χ1v) is 6.30. The van der Waals surface area contributed by atoms with Crippen molar-refractivity contribution in [3.8, 4) is 5.75 Å². The van der Waals surface area contributed by atoms with Crippen molar-refractivity contribution >= 4 is 33.5 Å². The van der Waals surface area contributed by atoms with Gasteiger partial charge >= 0.3 is 5.97 Å². The highest BCUT2D eigenvalue weighted by atomic mass is 79.9. The van der Waals surface area contributed by atoms with Gasteiger partial charge in [0.25, 0.3) is 0 Å². The van der Waals surface area contributed by atoms with Gasteiger partial charge in [-0.15, -0.1) is 0 Å². The van der Waals surface area contributed by atoms with Gasteiger partial charge in [0.1, 0.15) is 5.75 Å². The summed E-state index contributed by atoms with van der Waals surface area (Å²) < 4.78 is 5.07. The van der Waals surface area contributed by atoms with E-state index in [1.807, 2.05) is 0 Å². The highest BCUT2D eigenvalue weighted by molar-refractivity contribution is 9.09. The molecule has 0 spiro atoms. The van der Waals surface area contributed by atoms with Gasteiger partial charge in [-0.25, -0.2) is 4.79 Å². The maximum absolute atomic E-state index is 11.8. The van der Waals surface area contributed by atoms with E-state index >= 15 is 0 Å². The van der Waals surface area contributed by atoms with Gasteiger partial charge in [0.15, 0.2) is 0 Å². The van der Waals surface area contributed by atoms with Crippen molar-refractivity contribution < 1.29 is 19.4 Å². The summed E-state index contributed by atoms with van der Waals surface area (Å²) in [6.07, 6.45) is 0.371. The summed E-state index contributed by atoms with van der Waals surface area (Å²) in [4.78, 5) is 24.5. The number of anilines is 1. The molecule has 1 aliphatic heterocycles. The summed E-state index contributed by atoms with van der Waals surface area (Å²) in [7, 11) is 1.50. The summed E-state index contributed by atoms with van der Waals surface area (Å²) in [5, 5.41) is 9.15. The van der Waals surface area contributed by atoms with E-state index in [0.717, 1.165) is 0 Å². The predicted molar refractivity (Wildman–Crippen MR) is 69.6 cm³/mol. The smallest absolute Gasteiger partial charge is 0.337 e. The molecule has 1 saturated heterocycles. The largest absolute Gasteiger partial charge is 0.497 e. The molecule has 1 aliphatic rings. The highest BCUT2D eigenvalue weighted by Crippen LogP contribution is 2.31. The van der Waals surface area contributed by atoms with E-state index in [1.54, 1.807) is 12.1 Å². The van der Waals surface area contributed by atoms with Crippen LogP contribution < -0.4 is 9.64 Å². The zero-order valence-electron chi connectivity index (χ0n) is 9.72. The molecular weight excluding hydrogens is 302 g/mol. The van der Waals surface area contributed by atoms with Crippen LogP contribution in [0.1, 0.15) is 16.8 Å². The number of nitrogens with zero attached hydrogens (tertiary/aromatic N) is 1. The van der Waals surface area contributed by atoms with Crippen molar-refractivity contribution in [3.05, 3.63) is 23.8 Å². The summed E-state index contributed by atoms with van der Waals surface area (Å²) in [5.74, 6) is -0.619. The van der Waals surface area contributed by atoms with Gasteiger partial charge < -0.3 is 14.7 Å². The van der Waals surface area contributed by atoms with E-state index in [0.29, 0.717) is 24.4 Å². The SMILES string of the molecule is COc1ccc(C(=O)O)c(N2CC(Br)CC2=O)c1. The van der Waals surface area contributed by atoms with E-state index in [9.17, 15) is 9.59 Å². The third-order valence-corrected chi connectivity index (χ3v) is 3.42. The Morgan fingerprint density at radius 2 is 2.28 bits per heavy atom. The standard InChI is InChI=1S/C12H12BrNO4/c1-18-8-2-3-9(12(16)17)10(5-8)14-6-7(13)4-11(14)15/h2-3,5,7H,4,6H2,1H3,(H,16,17). The van der Waals surface area contributed by atoms with Crippen LogP contribution in [0.5, 0.6) is 5.75 Å². The Balaban J connectivity index is 2.47. The number of carboxylic acid groups (broad SMARTS) is 1. The fourth-order valence-electron chi connectivity index (χ4n) is 1.94. The Morgan fingerprint density at radius 3 is 2.78 bits per heavy atom. The number of benzene rings is 1. The van der Waals surface area contributed by atoms with E-state index in [-0.39, 0.29) is 16.3 Å². The van der Waals surface area contributed by atoms with Crippen LogP contribution >= 0.6 is 15.9 Å². The van der Waals surface area contributed by atoms with Crippen molar-refractivity contribution in [3.63, 3.8) is 0 Å². The van der Waals surface area contributed by atoms with Crippen molar-refractivity contribution in [2.45, 2.75) is 11.2 Å². The number of hydrogen-bond donors (Lipinski definition) is 1. The van der Waals surface area contributed by atoms with Crippen LogP contribution in [0, 0.1) is 0 Å². The molecule has 6 heteroatoms. The molecule has 1 amide bonds. The molecule has 1 aromatic carbocycles. The topological polar surface area (TPSA) is 66.8 Å². The lowest BCUT2D eigenvalue weighted by atomic mass is 10.1. The molecule has 1 unspecified atom stereocenters. The lowest BCUT2D eigenvalue weighted by Gasteiger charge is -2.19. The zero-order chi connectivity index (χ0) is 13.3. The molecule has 18 heavy (non-hydrogen) atoms. The molecule has 5 nitrogen and oxygen atoms in total. The first-order chi connectivity index (χ1) is 8.52.